The highest BCUT2D eigenvalue weighted by Crippen LogP contribution is 2.29. The number of morpholine rings is 1. The lowest BCUT2D eigenvalue weighted by Crippen LogP contribution is -2.57. The van der Waals surface area contributed by atoms with E-state index in [1.165, 1.54) is 10.9 Å². The predicted octanol–water partition coefficient (Wildman–Crippen LogP) is 0.378. The van der Waals surface area contributed by atoms with Gasteiger partial charge >= 0.3 is 12.1 Å². The average Bonchev–Trinajstić information content (AvgIpc) is 3.40. The van der Waals surface area contributed by atoms with E-state index in [9.17, 15) is 37.8 Å². The second-order valence-electron chi connectivity index (χ2n) is 9.52. The maximum absolute atomic E-state index is 12.9. The molecule has 1 amide bonds. The summed E-state index contributed by atoms with van der Waals surface area (Å²) in [5.74, 6) is -1.63. The molecule has 17 heteroatoms. The number of halogens is 3. The molecule has 2 fully saturated rings. The van der Waals surface area contributed by atoms with Gasteiger partial charge in [-0.2, -0.15) is 17.5 Å². The predicted molar refractivity (Wildman–Crippen MR) is 135 cm³/mol. The number of hydrogen-bond acceptors (Lipinski definition) is 11. The number of ether oxygens (including phenoxy) is 1. The van der Waals surface area contributed by atoms with Crippen LogP contribution < -0.4 is 15.6 Å². The minimum absolute atomic E-state index is 0.00600. The van der Waals surface area contributed by atoms with E-state index in [4.69, 9.17) is 4.74 Å². The van der Waals surface area contributed by atoms with Gasteiger partial charge in [0.05, 0.1) is 24.0 Å². The highest BCUT2D eigenvalue weighted by Gasteiger charge is 2.44. The second-order valence-corrected chi connectivity index (χ2v) is 10.3. The largest absolute Gasteiger partial charge is 0.477 e. The molecule has 2 saturated heterocycles. The highest BCUT2D eigenvalue weighted by molar-refractivity contribution is 7.08. The van der Waals surface area contributed by atoms with Crippen LogP contribution in [0.25, 0.3) is 16.2 Å². The number of fused-ring (bicyclic) bond motifs is 1. The molecule has 0 aromatic carbocycles. The number of aromatic carboxylic acids is 1. The first-order valence-electron chi connectivity index (χ1n) is 12.1. The summed E-state index contributed by atoms with van der Waals surface area (Å²) in [6, 6.07) is 1.64. The molecule has 13 nitrogen and oxygen atoms in total. The summed E-state index contributed by atoms with van der Waals surface area (Å²) in [5, 5.41) is 22.2. The zero-order valence-electron chi connectivity index (χ0n) is 21.0. The van der Waals surface area contributed by atoms with Crippen molar-refractivity contribution in [3.8, 4) is 5.13 Å². The Kier molecular flexibility index (Phi) is 7.47. The average molecular weight is 584 g/mol. The molecule has 0 saturated carbocycles. The topological polar surface area (TPSA) is 163 Å². The summed E-state index contributed by atoms with van der Waals surface area (Å²) in [6.45, 7) is 1.98. The van der Waals surface area contributed by atoms with Crippen LogP contribution >= 0.6 is 11.5 Å². The van der Waals surface area contributed by atoms with Gasteiger partial charge in [0.1, 0.15) is 17.7 Å². The molecule has 2 unspecified atom stereocenters. The number of carboxylic acids is 1. The molecule has 3 aromatic rings. The van der Waals surface area contributed by atoms with Gasteiger partial charge in [-0.3, -0.25) is 19.1 Å². The van der Waals surface area contributed by atoms with Gasteiger partial charge in [0, 0.05) is 50.5 Å². The Morgan fingerprint density at radius 1 is 1.30 bits per heavy atom. The summed E-state index contributed by atoms with van der Waals surface area (Å²) in [7, 11) is 0. The SMILES string of the molecule is Cc1cc(N2CC(C(=O)NCC3CN(C(O)C(F)(F)F)CCO3)C2)nc2c1c(=O)c(C(=O)O)cn2-c1ncns1. The van der Waals surface area contributed by atoms with Crippen LogP contribution in [0.5, 0.6) is 0 Å². The number of carboxylic acid groups (broad SMARTS) is 1. The number of aliphatic hydroxyl groups is 1. The minimum Gasteiger partial charge on any atom is -0.477 e. The Labute approximate surface area is 228 Å². The zero-order valence-corrected chi connectivity index (χ0v) is 21.8. The van der Waals surface area contributed by atoms with Crippen molar-refractivity contribution in [2.75, 3.05) is 44.2 Å². The molecule has 2 aliphatic heterocycles. The third-order valence-corrected chi connectivity index (χ3v) is 7.48. The monoisotopic (exact) mass is 583 g/mol. The zero-order chi connectivity index (χ0) is 28.8. The van der Waals surface area contributed by atoms with Gasteiger partial charge in [0.25, 0.3) is 0 Å². The van der Waals surface area contributed by atoms with Gasteiger partial charge in [-0.1, -0.05) is 0 Å². The Balaban J connectivity index is 1.27. The molecule has 0 radical (unpaired) electrons. The molecular weight excluding hydrogens is 559 g/mol. The van der Waals surface area contributed by atoms with Crippen LogP contribution in [-0.2, 0) is 9.53 Å². The Morgan fingerprint density at radius 2 is 2.05 bits per heavy atom. The van der Waals surface area contributed by atoms with Crippen molar-refractivity contribution in [3.63, 3.8) is 0 Å². The van der Waals surface area contributed by atoms with Crippen molar-refractivity contribution in [2.45, 2.75) is 25.4 Å². The number of nitrogens with zero attached hydrogens (tertiary/aromatic N) is 6. The molecule has 2 aliphatic rings. The number of carbonyl (C=O) groups excluding carboxylic acids is 1. The number of amides is 1. The number of aryl methyl sites for hydroxylation is 1. The van der Waals surface area contributed by atoms with Gasteiger partial charge in [-0.25, -0.2) is 14.8 Å². The van der Waals surface area contributed by atoms with Crippen LogP contribution in [0.15, 0.2) is 23.4 Å². The van der Waals surface area contributed by atoms with Crippen molar-refractivity contribution >= 4 is 40.3 Å². The van der Waals surface area contributed by atoms with E-state index in [1.807, 2.05) is 4.90 Å². The summed E-state index contributed by atoms with van der Waals surface area (Å²) < 4.78 is 49.3. The number of alkyl halides is 3. The standard InChI is InChI=1S/C23H24F3N7O6S/c1-11-4-15(30-18-16(11)17(34)14(20(36)37)9-33(18)22-28-10-29-40-22)32-6-12(7-32)19(35)27-5-13-8-31(2-3-39-13)21(38)23(24,25)26/h4,9-10,12-13,21,38H,2-3,5-8H2,1H3,(H,27,35)(H,36,37). The van der Waals surface area contributed by atoms with E-state index >= 15 is 0 Å². The molecule has 5 heterocycles. The number of aliphatic hydroxyl groups excluding tert-OH is 1. The number of pyridine rings is 2. The Hall–Kier alpha value is -3.67. The lowest BCUT2D eigenvalue weighted by atomic mass is 9.98. The van der Waals surface area contributed by atoms with Crippen LogP contribution in [0.3, 0.4) is 0 Å². The number of anilines is 1. The van der Waals surface area contributed by atoms with Crippen LogP contribution in [0.2, 0.25) is 0 Å². The number of carbonyl (C=O) groups is 2. The van der Waals surface area contributed by atoms with E-state index in [0.29, 0.717) is 29.6 Å². The summed E-state index contributed by atoms with van der Waals surface area (Å²) in [6.07, 6.45) is -5.61. The second kappa shape index (κ2) is 10.7. The third kappa shape index (κ3) is 5.36. The van der Waals surface area contributed by atoms with E-state index in [1.54, 1.807) is 13.0 Å². The molecule has 0 aliphatic carbocycles. The number of nitrogens with one attached hydrogen (secondary N) is 1. The van der Waals surface area contributed by atoms with Crippen molar-refractivity contribution in [2.24, 2.45) is 5.92 Å². The van der Waals surface area contributed by atoms with Crippen LogP contribution in [0, 0.1) is 12.8 Å². The molecule has 214 valence electrons. The fourth-order valence-corrected chi connectivity index (χ4v) is 5.21. The fourth-order valence-electron chi connectivity index (χ4n) is 4.70. The molecule has 3 aromatic heterocycles. The van der Waals surface area contributed by atoms with Crippen molar-refractivity contribution < 1.29 is 37.7 Å². The van der Waals surface area contributed by atoms with Crippen molar-refractivity contribution in [1.82, 2.24) is 29.1 Å². The number of hydrogen-bond donors (Lipinski definition) is 3. The van der Waals surface area contributed by atoms with Gasteiger partial charge in [0.2, 0.25) is 22.7 Å². The minimum atomic E-state index is -4.78. The normalized spacial score (nSPS) is 19.4. The summed E-state index contributed by atoms with van der Waals surface area (Å²) in [5.41, 5.74) is -0.403. The van der Waals surface area contributed by atoms with E-state index < -0.39 is 41.4 Å². The molecule has 3 N–H and O–H groups in total. The quantitative estimate of drug-likeness (QED) is 0.352. The fraction of sp³-hybridized carbons (Fsp3) is 0.478. The van der Waals surface area contributed by atoms with Gasteiger partial charge in [-0.05, 0) is 18.6 Å². The van der Waals surface area contributed by atoms with Gasteiger partial charge in [0.15, 0.2) is 5.65 Å². The maximum Gasteiger partial charge on any atom is 0.428 e. The van der Waals surface area contributed by atoms with Gasteiger partial charge in [-0.15, -0.1) is 0 Å². The van der Waals surface area contributed by atoms with Crippen LogP contribution in [0.1, 0.15) is 15.9 Å². The first kappa shape index (κ1) is 27.9. The molecular formula is C23H24F3N7O6S. The maximum atomic E-state index is 12.9. The van der Waals surface area contributed by atoms with Gasteiger partial charge < -0.3 is 25.2 Å². The Morgan fingerprint density at radius 3 is 2.70 bits per heavy atom. The van der Waals surface area contributed by atoms with E-state index in [0.717, 1.165) is 22.6 Å². The lowest BCUT2D eigenvalue weighted by Gasteiger charge is -2.40. The molecule has 2 atom stereocenters. The first-order valence-corrected chi connectivity index (χ1v) is 12.9. The third-order valence-electron chi connectivity index (χ3n) is 6.82. The molecule has 40 heavy (non-hydrogen) atoms. The van der Waals surface area contributed by atoms with Crippen molar-refractivity contribution in [3.05, 3.63) is 39.9 Å². The number of aromatic nitrogens is 4. The number of rotatable bonds is 7. The molecule has 0 spiro atoms. The van der Waals surface area contributed by atoms with Crippen LogP contribution in [0.4, 0.5) is 19.0 Å². The smallest absolute Gasteiger partial charge is 0.428 e. The summed E-state index contributed by atoms with van der Waals surface area (Å²) >= 11 is 0.999. The summed E-state index contributed by atoms with van der Waals surface area (Å²) in [4.78, 5) is 48.7. The van der Waals surface area contributed by atoms with E-state index in [2.05, 4.69) is 19.7 Å². The van der Waals surface area contributed by atoms with Crippen LogP contribution in [-0.4, -0.2) is 104 Å². The van der Waals surface area contributed by atoms with Crippen molar-refractivity contribution in [1.29, 1.82) is 0 Å². The highest BCUT2D eigenvalue weighted by atomic mass is 32.1. The molecule has 5 rings (SSSR count). The molecule has 0 bridgehead atoms. The van der Waals surface area contributed by atoms with E-state index in [-0.39, 0.29) is 43.2 Å². The lowest BCUT2D eigenvalue weighted by molar-refractivity contribution is -0.260. The Bertz CT molecular complexity index is 1490. The first-order chi connectivity index (χ1) is 18.9.